The molecule has 1 atom stereocenters. The third kappa shape index (κ3) is 4.56. The standard InChI is InChI=1S/C14H23NO5S/c1-4-5-7-15(12-6-8-21(19,20)9-12)13(16)10(2)11(3)14(17)18/h12H,4-9H2,1-3H3,(H,17,18). The maximum Gasteiger partial charge on any atom is 0.331 e. The number of sulfone groups is 1. The van der Waals surface area contributed by atoms with Crippen molar-refractivity contribution in [2.45, 2.75) is 46.1 Å². The van der Waals surface area contributed by atoms with Crippen LogP contribution in [0, 0.1) is 0 Å². The molecule has 120 valence electrons. The van der Waals surface area contributed by atoms with Crippen LogP contribution in [-0.4, -0.2) is 54.4 Å². The van der Waals surface area contributed by atoms with Crippen molar-refractivity contribution in [2.75, 3.05) is 18.1 Å². The van der Waals surface area contributed by atoms with Gasteiger partial charge in [0.15, 0.2) is 9.84 Å². The summed E-state index contributed by atoms with van der Waals surface area (Å²) in [5, 5.41) is 8.98. The molecule has 1 aliphatic rings. The van der Waals surface area contributed by atoms with Gasteiger partial charge in [-0.3, -0.25) is 4.79 Å². The fraction of sp³-hybridized carbons (Fsp3) is 0.714. The number of carboxylic acid groups (broad SMARTS) is 1. The van der Waals surface area contributed by atoms with Crippen LogP contribution in [0.1, 0.15) is 40.0 Å². The lowest BCUT2D eigenvalue weighted by Crippen LogP contribution is -2.42. The van der Waals surface area contributed by atoms with Crippen LogP contribution in [0.2, 0.25) is 0 Å². The van der Waals surface area contributed by atoms with E-state index in [0.717, 1.165) is 12.8 Å². The molecule has 0 bridgehead atoms. The lowest BCUT2D eigenvalue weighted by molar-refractivity contribution is -0.134. The number of carbonyl (C=O) groups is 2. The fourth-order valence-corrected chi connectivity index (χ4v) is 4.07. The van der Waals surface area contributed by atoms with Crippen molar-refractivity contribution in [2.24, 2.45) is 0 Å². The molecule has 1 N–H and O–H groups in total. The highest BCUT2D eigenvalue weighted by molar-refractivity contribution is 7.91. The van der Waals surface area contributed by atoms with Crippen LogP contribution in [0.15, 0.2) is 11.1 Å². The van der Waals surface area contributed by atoms with Gasteiger partial charge in [0.2, 0.25) is 5.91 Å². The van der Waals surface area contributed by atoms with E-state index in [1.54, 1.807) is 0 Å². The first-order valence-corrected chi connectivity index (χ1v) is 8.94. The van der Waals surface area contributed by atoms with E-state index in [-0.39, 0.29) is 34.6 Å². The van der Waals surface area contributed by atoms with Gasteiger partial charge in [0, 0.05) is 23.7 Å². The van der Waals surface area contributed by atoms with E-state index in [4.69, 9.17) is 5.11 Å². The summed E-state index contributed by atoms with van der Waals surface area (Å²) in [6, 6.07) is -0.342. The van der Waals surface area contributed by atoms with Gasteiger partial charge in [0.05, 0.1) is 11.5 Å². The highest BCUT2D eigenvalue weighted by atomic mass is 32.2. The zero-order valence-corrected chi connectivity index (χ0v) is 13.6. The molecule has 0 saturated carbocycles. The summed E-state index contributed by atoms with van der Waals surface area (Å²) in [4.78, 5) is 25.0. The molecule has 0 aromatic heterocycles. The topological polar surface area (TPSA) is 91.8 Å². The van der Waals surface area contributed by atoms with Crippen molar-refractivity contribution in [1.29, 1.82) is 0 Å². The second kappa shape index (κ2) is 7.06. The quantitative estimate of drug-likeness (QED) is 0.744. The van der Waals surface area contributed by atoms with Gasteiger partial charge in [-0.1, -0.05) is 13.3 Å². The maximum absolute atomic E-state index is 12.5. The van der Waals surface area contributed by atoms with Crippen LogP contribution in [0.4, 0.5) is 0 Å². The number of hydrogen-bond donors (Lipinski definition) is 1. The summed E-state index contributed by atoms with van der Waals surface area (Å²) < 4.78 is 23.2. The smallest absolute Gasteiger partial charge is 0.331 e. The summed E-state index contributed by atoms with van der Waals surface area (Å²) in [5.74, 6) is -1.43. The number of hydrogen-bond acceptors (Lipinski definition) is 4. The summed E-state index contributed by atoms with van der Waals surface area (Å²) >= 11 is 0. The van der Waals surface area contributed by atoms with Crippen LogP contribution in [0.25, 0.3) is 0 Å². The number of rotatable bonds is 6. The first-order chi connectivity index (χ1) is 9.69. The Morgan fingerprint density at radius 2 is 1.86 bits per heavy atom. The average Bonchev–Trinajstić information content (AvgIpc) is 2.77. The van der Waals surface area contributed by atoms with E-state index in [0.29, 0.717) is 13.0 Å². The summed E-state index contributed by atoms with van der Waals surface area (Å²) in [7, 11) is -3.09. The van der Waals surface area contributed by atoms with Crippen molar-refractivity contribution in [3.8, 4) is 0 Å². The molecule has 1 saturated heterocycles. The molecule has 0 spiro atoms. The fourth-order valence-electron chi connectivity index (χ4n) is 2.34. The van der Waals surface area contributed by atoms with Crippen LogP contribution < -0.4 is 0 Å². The van der Waals surface area contributed by atoms with Crippen molar-refractivity contribution in [3.63, 3.8) is 0 Å². The molecule has 1 fully saturated rings. The Morgan fingerprint density at radius 3 is 2.29 bits per heavy atom. The molecule has 1 unspecified atom stereocenters. The third-order valence-electron chi connectivity index (χ3n) is 3.87. The first kappa shape index (κ1) is 17.7. The lowest BCUT2D eigenvalue weighted by Gasteiger charge is -2.29. The Balaban J connectivity index is 3.00. The SMILES string of the molecule is CCCCN(C(=O)C(C)=C(C)C(=O)O)C1CCS(=O)(=O)C1. The minimum Gasteiger partial charge on any atom is -0.478 e. The Bertz CT molecular complexity index is 550. The Morgan fingerprint density at radius 1 is 1.24 bits per heavy atom. The monoisotopic (exact) mass is 317 g/mol. The Hall–Kier alpha value is -1.37. The van der Waals surface area contributed by atoms with Crippen LogP contribution in [-0.2, 0) is 19.4 Å². The van der Waals surface area contributed by atoms with Gasteiger partial charge >= 0.3 is 5.97 Å². The molecule has 1 amide bonds. The van der Waals surface area contributed by atoms with Crippen molar-refractivity contribution < 1.29 is 23.1 Å². The number of nitrogens with zero attached hydrogens (tertiary/aromatic N) is 1. The normalized spacial score (nSPS) is 21.8. The van der Waals surface area contributed by atoms with E-state index in [1.807, 2.05) is 6.92 Å². The lowest BCUT2D eigenvalue weighted by atomic mass is 10.1. The molecule has 1 rings (SSSR count). The number of amides is 1. The Labute approximate surface area is 125 Å². The molecule has 6 nitrogen and oxygen atoms in total. The summed E-state index contributed by atoms with van der Waals surface area (Å²) in [6.07, 6.45) is 2.07. The second-order valence-electron chi connectivity index (χ2n) is 5.46. The molecule has 0 aromatic rings. The van der Waals surface area contributed by atoms with Gasteiger partial charge in [-0.25, -0.2) is 13.2 Å². The number of carbonyl (C=O) groups excluding carboxylic acids is 1. The molecular formula is C14H23NO5S. The van der Waals surface area contributed by atoms with Gasteiger partial charge < -0.3 is 10.0 Å². The zero-order chi connectivity index (χ0) is 16.2. The average molecular weight is 317 g/mol. The molecule has 0 radical (unpaired) electrons. The van der Waals surface area contributed by atoms with Crippen LogP contribution >= 0.6 is 0 Å². The van der Waals surface area contributed by atoms with Crippen LogP contribution in [0.5, 0.6) is 0 Å². The van der Waals surface area contributed by atoms with Gasteiger partial charge in [-0.05, 0) is 26.7 Å². The van der Waals surface area contributed by atoms with E-state index in [1.165, 1.54) is 18.7 Å². The van der Waals surface area contributed by atoms with Crippen LogP contribution in [0.3, 0.4) is 0 Å². The molecule has 0 aromatic carbocycles. The Kier molecular flexibility index (Phi) is 5.95. The van der Waals surface area contributed by atoms with Gasteiger partial charge in [-0.2, -0.15) is 0 Å². The molecular weight excluding hydrogens is 294 g/mol. The predicted octanol–water partition coefficient (Wildman–Crippen LogP) is 1.22. The molecule has 1 aliphatic heterocycles. The molecule has 1 heterocycles. The van der Waals surface area contributed by atoms with Crippen molar-refractivity contribution in [3.05, 3.63) is 11.1 Å². The van der Waals surface area contributed by atoms with Crippen molar-refractivity contribution in [1.82, 2.24) is 4.90 Å². The molecule has 21 heavy (non-hydrogen) atoms. The largest absolute Gasteiger partial charge is 0.478 e. The van der Waals surface area contributed by atoms with Gasteiger partial charge in [0.1, 0.15) is 0 Å². The van der Waals surface area contributed by atoms with E-state index < -0.39 is 15.8 Å². The highest BCUT2D eigenvalue weighted by Crippen LogP contribution is 2.21. The number of unbranched alkanes of at least 4 members (excludes halogenated alkanes) is 1. The zero-order valence-electron chi connectivity index (χ0n) is 12.8. The van der Waals surface area contributed by atoms with E-state index in [2.05, 4.69) is 0 Å². The predicted molar refractivity (Wildman–Crippen MR) is 79.7 cm³/mol. The summed E-state index contributed by atoms with van der Waals surface area (Å²) in [5.41, 5.74) is 0.172. The highest BCUT2D eigenvalue weighted by Gasteiger charge is 2.35. The first-order valence-electron chi connectivity index (χ1n) is 7.11. The summed E-state index contributed by atoms with van der Waals surface area (Å²) in [6.45, 7) is 5.31. The third-order valence-corrected chi connectivity index (χ3v) is 5.62. The van der Waals surface area contributed by atoms with Gasteiger partial charge in [0.25, 0.3) is 0 Å². The number of carboxylic acids is 1. The second-order valence-corrected chi connectivity index (χ2v) is 7.69. The molecule has 7 heteroatoms. The number of aliphatic carboxylic acids is 1. The van der Waals surface area contributed by atoms with E-state index in [9.17, 15) is 18.0 Å². The minimum atomic E-state index is -3.09. The van der Waals surface area contributed by atoms with E-state index >= 15 is 0 Å². The maximum atomic E-state index is 12.5. The van der Waals surface area contributed by atoms with Gasteiger partial charge in [-0.15, -0.1) is 0 Å². The van der Waals surface area contributed by atoms with Crippen molar-refractivity contribution >= 4 is 21.7 Å². The molecule has 0 aliphatic carbocycles. The minimum absolute atomic E-state index is 0.00218.